The SMILES string of the molecule is Cc1ccc(OC(=O)c2c(F)cc(F)c(F)c2F)c(C)c1. The van der Waals surface area contributed by atoms with E-state index in [9.17, 15) is 22.4 Å². The van der Waals surface area contributed by atoms with Crippen molar-refractivity contribution in [3.8, 4) is 5.75 Å². The van der Waals surface area contributed by atoms with Crippen LogP contribution in [0.25, 0.3) is 0 Å². The number of halogens is 4. The zero-order chi connectivity index (χ0) is 15.7. The van der Waals surface area contributed by atoms with Gasteiger partial charge in [-0.1, -0.05) is 17.7 Å². The first-order chi connectivity index (χ1) is 9.81. The van der Waals surface area contributed by atoms with Crippen molar-refractivity contribution in [1.82, 2.24) is 0 Å². The second-order valence-corrected chi connectivity index (χ2v) is 4.50. The number of carbonyl (C=O) groups excluding carboxylic acids is 1. The van der Waals surface area contributed by atoms with E-state index in [1.165, 1.54) is 6.07 Å². The van der Waals surface area contributed by atoms with Crippen LogP contribution >= 0.6 is 0 Å². The zero-order valence-corrected chi connectivity index (χ0v) is 11.1. The minimum absolute atomic E-state index is 0.0779. The summed E-state index contributed by atoms with van der Waals surface area (Å²) >= 11 is 0. The van der Waals surface area contributed by atoms with E-state index in [1.54, 1.807) is 19.1 Å². The Labute approximate surface area is 118 Å². The van der Waals surface area contributed by atoms with Crippen LogP contribution in [0, 0.1) is 37.1 Å². The van der Waals surface area contributed by atoms with Gasteiger partial charge in [0.1, 0.15) is 17.1 Å². The minimum atomic E-state index is -1.93. The van der Waals surface area contributed by atoms with Crippen LogP contribution in [0.1, 0.15) is 21.5 Å². The topological polar surface area (TPSA) is 26.3 Å². The number of esters is 1. The number of hydrogen-bond donors (Lipinski definition) is 0. The number of aryl methyl sites for hydroxylation is 2. The predicted octanol–water partition coefficient (Wildman–Crippen LogP) is 4.08. The lowest BCUT2D eigenvalue weighted by molar-refractivity contribution is 0.0721. The van der Waals surface area contributed by atoms with E-state index in [4.69, 9.17) is 4.74 Å². The first-order valence-corrected chi connectivity index (χ1v) is 5.93. The summed E-state index contributed by atoms with van der Waals surface area (Å²) in [6, 6.07) is 4.86. The second-order valence-electron chi connectivity index (χ2n) is 4.50. The van der Waals surface area contributed by atoms with Crippen molar-refractivity contribution < 1.29 is 27.1 Å². The van der Waals surface area contributed by atoms with Crippen molar-refractivity contribution in [2.75, 3.05) is 0 Å². The summed E-state index contributed by atoms with van der Waals surface area (Å²) in [6.07, 6.45) is 0. The molecule has 0 N–H and O–H groups in total. The third-order valence-electron chi connectivity index (χ3n) is 2.85. The zero-order valence-electron chi connectivity index (χ0n) is 11.1. The Kier molecular flexibility index (Phi) is 3.97. The van der Waals surface area contributed by atoms with Gasteiger partial charge >= 0.3 is 5.97 Å². The monoisotopic (exact) mass is 298 g/mol. The van der Waals surface area contributed by atoms with Crippen LogP contribution in [-0.2, 0) is 0 Å². The molecule has 0 amide bonds. The molecule has 0 atom stereocenters. The molecule has 0 aliphatic carbocycles. The van der Waals surface area contributed by atoms with Gasteiger partial charge in [-0.2, -0.15) is 0 Å². The highest BCUT2D eigenvalue weighted by Gasteiger charge is 2.26. The summed E-state index contributed by atoms with van der Waals surface area (Å²) in [4.78, 5) is 11.8. The quantitative estimate of drug-likeness (QED) is 0.274. The maximum atomic E-state index is 13.5. The predicted molar refractivity (Wildman–Crippen MR) is 67.1 cm³/mol. The van der Waals surface area contributed by atoms with E-state index in [0.717, 1.165) is 5.56 Å². The summed E-state index contributed by atoms with van der Waals surface area (Å²) in [5.74, 6) is -8.44. The van der Waals surface area contributed by atoms with Crippen molar-refractivity contribution in [1.29, 1.82) is 0 Å². The highest BCUT2D eigenvalue weighted by atomic mass is 19.2. The van der Waals surface area contributed by atoms with Crippen LogP contribution in [0.15, 0.2) is 24.3 Å². The number of rotatable bonds is 2. The number of hydrogen-bond acceptors (Lipinski definition) is 2. The maximum Gasteiger partial charge on any atom is 0.349 e. The molecule has 0 aliphatic heterocycles. The van der Waals surface area contributed by atoms with Crippen molar-refractivity contribution in [3.63, 3.8) is 0 Å². The lowest BCUT2D eigenvalue weighted by Crippen LogP contribution is -2.15. The summed E-state index contributed by atoms with van der Waals surface area (Å²) in [5, 5.41) is 0. The molecule has 0 aliphatic rings. The molecule has 0 fully saturated rings. The Balaban J connectivity index is 2.39. The van der Waals surface area contributed by atoms with Crippen molar-refractivity contribution in [2.24, 2.45) is 0 Å². The molecule has 0 heterocycles. The van der Waals surface area contributed by atoms with Gasteiger partial charge in [0.05, 0.1) is 0 Å². The molecule has 0 bridgehead atoms. The molecule has 0 saturated carbocycles. The van der Waals surface area contributed by atoms with E-state index < -0.39 is 34.8 Å². The van der Waals surface area contributed by atoms with Crippen LogP contribution in [0.5, 0.6) is 5.75 Å². The highest BCUT2D eigenvalue weighted by Crippen LogP contribution is 2.23. The van der Waals surface area contributed by atoms with Gasteiger partial charge in [0.15, 0.2) is 17.5 Å². The second kappa shape index (κ2) is 5.55. The van der Waals surface area contributed by atoms with Crippen molar-refractivity contribution >= 4 is 5.97 Å². The van der Waals surface area contributed by atoms with Gasteiger partial charge in [0.25, 0.3) is 0 Å². The van der Waals surface area contributed by atoms with E-state index in [-0.39, 0.29) is 11.8 Å². The number of benzene rings is 2. The van der Waals surface area contributed by atoms with Gasteiger partial charge in [-0.3, -0.25) is 0 Å². The minimum Gasteiger partial charge on any atom is -0.422 e. The normalized spacial score (nSPS) is 10.6. The Morgan fingerprint density at radius 1 is 0.952 bits per heavy atom. The molecular weight excluding hydrogens is 288 g/mol. The Bertz CT molecular complexity index is 726. The lowest BCUT2D eigenvalue weighted by Gasteiger charge is -2.09. The van der Waals surface area contributed by atoms with Crippen LogP contribution in [0.2, 0.25) is 0 Å². The molecular formula is C15H10F4O2. The fourth-order valence-corrected chi connectivity index (χ4v) is 1.82. The summed E-state index contributed by atoms with van der Waals surface area (Å²) in [6.45, 7) is 3.45. The van der Waals surface area contributed by atoms with Gasteiger partial charge in [0.2, 0.25) is 0 Å². The summed E-state index contributed by atoms with van der Waals surface area (Å²) < 4.78 is 57.7. The molecule has 110 valence electrons. The van der Waals surface area contributed by atoms with Gasteiger partial charge < -0.3 is 4.74 Å². The third-order valence-corrected chi connectivity index (χ3v) is 2.85. The van der Waals surface area contributed by atoms with Crippen LogP contribution in [0.3, 0.4) is 0 Å². The maximum absolute atomic E-state index is 13.5. The van der Waals surface area contributed by atoms with E-state index in [0.29, 0.717) is 5.56 Å². The fraction of sp³-hybridized carbons (Fsp3) is 0.133. The standard InChI is InChI=1S/C15H10F4O2/c1-7-3-4-11(8(2)5-7)21-15(20)12-9(16)6-10(17)13(18)14(12)19/h3-6H,1-2H3. The summed E-state index contributed by atoms with van der Waals surface area (Å²) in [7, 11) is 0. The van der Waals surface area contributed by atoms with Crippen LogP contribution < -0.4 is 4.74 Å². The molecule has 6 heteroatoms. The molecule has 0 radical (unpaired) electrons. The number of carbonyl (C=O) groups is 1. The van der Waals surface area contributed by atoms with E-state index >= 15 is 0 Å². The smallest absolute Gasteiger partial charge is 0.349 e. The van der Waals surface area contributed by atoms with Crippen LogP contribution in [0.4, 0.5) is 17.6 Å². The molecule has 0 saturated heterocycles. The molecule has 0 spiro atoms. The van der Waals surface area contributed by atoms with Gasteiger partial charge in [0, 0.05) is 6.07 Å². The van der Waals surface area contributed by atoms with E-state index in [1.807, 2.05) is 6.92 Å². The van der Waals surface area contributed by atoms with Gasteiger partial charge in [-0.15, -0.1) is 0 Å². The molecule has 2 aromatic carbocycles. The van der Waals surface area contributed by atoms with Gasteiger partial charge in [-0.05, 0) is 25.5 Å². The average molecular weight is 298 g/mol. The van der Waals surface area contributed by atoms with Crippen molar-refractivity contribution in [2.45, 2.75) is 13.8 Å². The first-order valence-electron chi connectivity index (χ1n) is 5.93. The molecule has 2 nitrogen and oxygen atoms in total. The third kappa shape index (κ3) is 2.89. The molecule has 2 aromatic rings. The molecule has 2 rings (SSSR count). The lowest BCUT2D eigenvalue weighted by atomic mass is 10.1. The Morgan fingerprint density at radius 3 is 2.24 bits per heavy atom. The highest BCUT2D eigenvalue weighted by molar-refractivity contribution is 5.91. The van der Waals surface area contributed by atoms with Gasteiger partial charge in [-0.25, -0.2) is 22.4 Å². The van der Waals surface area contributed by atoms with E-state index in [2.05, 4.69) is 0 Å². The molecule has 0 unspecified atom stereocenters. The largest absolute Gasteiger partial charge is 0.422 e. The number of ether oxygens (including phenoxy) is 1. The average Bonchev–Trinajstić information content (AvgIpc) is 2.39. The van der Waals surface area contributed by atoms with Crippen LogP contribution in [-0.4, -0.2) is 5.97 Å². The first kappa shape index (κ1) is 15.0. The molecule has 21 heavy (non-hydrogen) atoms. The molecule has 0 aromatic heterocycles. The Hall–Kier alpha value is -2.37. The summed E-state index contributed by atoms with van der Waals surface area (Å²) in [5.41, 5.74) is 0.193. The Morgan fingerprint density at radius 2 is 1.62 bits per heavy atom. The van der Waals surface area contributed by atoms with Crippen molar-refractivity contribution in [3.05, 3.63) is 64.2 Å². The fourth-order valence-electron chi connectivity index (χ4n) is 1.82.